The topological polar surface area (TPSA) is 59.1 Å². The molecule has 0 unspecified atom stereocenters. The van der Waals surface area contributed by atoms with Crippen molar-refractivity contribution >= 4 is 23.6 Å². The van der Waals surface area contributed by atoms with Crippen LogP contribution in [0.15, 0.2) is 48.5 Å². The fourth-order valence-electron chi connectivity index (χ4n) is 2.71. The molecule has 0 saturated heterocycles. The second kappa shape index (κ2) is 9.41. The van der Waals surface area contributed by atoms with Crippen LogP contribution in [0.3, 0.4) is 0 Å². The number of amides is 2. The van der Waals surface area contributed by atoms with Gasteiger partial charge in [0.05, 0.1) is 0 Å². The number of carbonyl (C=O) groups is 2. The molecule has 0 spiro atoms. The Balaban J connectivity index is 2.46. The van der Waals surface area contributed by atoms with Crippen molar-refractivity contribution in [2.45, 2.75) is 66.6 Å². The summed E-state index contributed by atoms with van der Waals surface area (Å²) < 4.78 is 11.3. The van der Waals surface area contributed by atoms with E-state index in [1.807, 2.05) is 104 Å². The van der Waals surface area contributed by atoms with Crippen molar-refractivity contribution < 1.29 is 19.1 Å². The number of carbonyl (C=O) groups excluding carboxylic acids is 2. The fraction of sp³-hybridized carbons (Fsp3) is 0.440. The van der Waals surface area contributed by atoms with Crippen LogP contribution in [0.4, 0.5) is 21.0 Å². The minimum Gasteiger partial charge on any atom is -0.443 e. The summed E-state index contributed by atoms with van der Waals surface area (Å²) >= 11 is 0. The van der Waals surface area contributed by atoms with Gasteiger partial charge in [-0.2, -0.15) is 0 Å². The first-order valence-corrected chi connectivity index (χ1v) is 10.4. The molecule has 0 radical (unpaired) electrons. The van der Waals surface area contributed by atoms with Crippen molar-refractivity contribution in [1.82, 2.24) is 0 Å². The predicted molar refractivity (Wildman–Crippen MR) is 125 cm³/mol. The van der Waals surface area contributed by atoms with Crippen LogP contribution in [-0.4, -0.2) is 30.1 Å². The lowest BCUT2D eigenvalue weighted by atomic mass is 10.2. The third-order valence-corrected chi connectivity index (χ3v) is 4.20. The van der Waals surface area contributed by atoms with Gasteiger partial charge in [0.1, 0.15) is 17.9 Å². The highest BCUT2D eigenvalue weighted by Crippen LogP contribution is 2.24. The van der Waals surface area contributed by atoms with Gasteiger partial charge in [-0.05, 0) is 79.7 Å². The molecule has 0 aliphatic carbocycles. The molecule has 6 heteroatoms. The Morgan fingerprint density at radius 1 is 0.645 bits per heavy atom. The number of hydrogen-bond donors (Lipinski definition) is 0. The maximum Gasteiger partial charge on any atom is 0.416 e. The van der Waals surface area contributed by atoms with Crippen molar-refractivity contribution in [3.05, 3.63) is 59.7 Å². The lowest BCUT2D eigenvalue weighted by molar-refractivity contribution is 0.0551. The molecule has 0 saturated carbocycles. The van der Waals surface area contributed by atoms with Crippen molar-refractivity contribution in [3.63, 3.8) is 0 Å². The van der Waals surface area contributed by atoms with E-state index in [1.54, 1.807) is 0 Å². The van der Waals surface area contributed by atoms with Crippen molar-refractivity contribution in [3.8, 4) is 0 Å². The van der Waals surface area contributed by atoms with Gasteiger partial charge in [-0.15, -0.1) is 0 Å². The van der Waals surface area contributed by atoms with E-state index < -0.39 is 23.4 Å². The summed E-state index contributed by atoms with van der Waals surface area (Å²) in [5, 5.41) is 0. The second-order valence-electron chi connectivity index (χ2n) is 9.63. The molecule has 2 aromatic carbocycles. The number of ether oxygens (including phenoxy) is 2. The normalized spacial score (nSPS) is 11.6. The molecule has 2 aromatic rings. The van der Waals surface area contributed by atoms with E-state index in [0.29, 0.717) is 11.4 Å². The van der Waals surface area contributed by atoms with E-state index in [4.69, 9.17) is 9.47 Å². The third-order valence-electron chi connectivity index (χ3n) is 4.20. The molecule has 0 atom stereocenters. The van der Waals surface area contributed by atoms with Crippen LogP contribution in [-0.2, 0) is 9.47 Å². The quantitative estimate of drug-likeness (QED) is 0.528. The summed E-state index contributed by atoms with van der Waals surface area (Å²) in [4.78, 5) is 29.1. The van der Waals surface area contributed by atoms with Crippen LogP contribution in [0.2, 0.25) is 0 Å². The monoisotopic (exact) mass is 426 g/mol. The Bertz CT molecular complexity index is 816. The smallest absolute Gasteiger partial charge is 0.416 e. The molecular formula is C25H34N2O4. The van der Waals surface area contributed by atoms with E-state index in [1.165, 1.54) is 9.80 Å². The minimum atomic E-state index is -0.680. The minimum absolute atomic E-state index is 0.0596. The summed E-state index contributed by atoms with van der Waals surface area (Å²) in [5.74, 6) is 0. The summed E-state index contributed by atoms with van der Waals surface area (Å²) in [6.45, 7) is 14.7. The van der Waals surface area contributed by atoms with Crippen molar-refractivity contribution in [1.29, 1.82) is 0 Å². The number of rotatable bonds is 4. The highest BCUT2D eigenvalue weighted by molar-refractivity contribution is 5.93. The molecule has 0 aliphatic heterocycles. The number of hydrogen-bond acceptors (Lipinski definition) is 4. The van der Waals surface area contributed by atoms with E-state index in [2.05, 4.69) is 0 Å². The summed E-state index contributed by atoms with van der Waals surface area (Å²) in [7, 11) is 0. The first-order chi connectivity index (χ1) is 14.2. The van der Waals surface area contributed by atoms with Gasteiger partial charge in [0.15, 0.2) is 0 Å². The molecule has 2 rings (SSSR count). The Morgan fingerprint density at radius 2 is 0.935 bits per heavy atom. The number of anilines is 2. The first-order valence-electron chi connectivity index (χ1n) is 10.4. The molecule has 0 aliphatic rings. The molecule has 0 N–H and O–H groups in total. The molecule has 2 amide bonds. The van der Waals surface area contributed by atoms with Gasteiger partial charge in [0, 0.05) is 11.4 Å². The number of benzene rings is 2. The lowest BCUT2D eigenvalue weighted by Crippen LogP contribution is -2.48. The van der Waals surface area contributed by atoms with E-state index in [-0.39, 0.29) is 6.67 Å². The molecule has 168 valence electrons. The van der Waals surface area contributed by atoms with Gasteiger partial charge in [0.25, 0.3) is 0 Å². The third kappa shape index (κ3) is 7.63. The SMILES string of the molecule is Cc1ccc(N(CN(C(=O)OC(C)(C)C)c2ccc(C)cc2)C(=O)OC(C)(C)C)cc1. The average Bonchev–Trinajstić information content (AvgIpc) is 2.61. The molecule has 0 bridgehead atoms. The predicted octanol–water partition coefficient (Wildman–Crippen LogP) is 6.44. The molecule has 6 nitrogen and oxygen atoms in total. The number of nitrogens with zero attached hydrogens (tertiary/aromatic N) is 2. The van der Waals surface area contributed by atoms with Crippen LogP contribution in [0.5, 0.6) is 0 Å². The average molecular weight is 427 g/mol. The van der Waals surface area contributed by atoms with Crippen LogP contribution < -0.4 is 9.80 Å². The fourth-order valence-corrected chi connectivity index (χ4v) is 2.71. The van der Waals surface area contributed by atoms with Crippen LogP contribution in [0.25, 0.3) is 0 Å². The summed E-state index contributed by atoms with van der Waals surface area (Å²) in [6.07, 6.45) is -1.09. The Labute approximate surface area is 185 Å². The molecule has 0 aromatic heterocycles. The van der Waals surface area contributed by atoms with Gasteiger partial charge in [-0.3, -0.25) is 9.80 Å². The number of aryl methyl sites for hydroxylation is 2. The lowest BCUT2D eigenvalue weighted by Gasteiger charge is -2.33. The van der Waals surface area contributed by atoms with Gasteiger partial charge in [0.2, 0.25) is 0 Å². The Hall–Kier alpha value is -3.02. The maximum absolute atomic E-state index is 13.1. The molecule has 0 heterocycles. The first kappa shape index (κ1) is 24.3. The van der Waals surface area contributed by atoms with Crippen molar-refractivity contribution in [2.24, 2.45) is 0 Å². The van der Waals surface area contributed by atoms with Gasteiger partial charge in [-0.25, -0.2) is 9.59 Å². The summed E-state index contributed by atoms with van der Waals surface area (Å²) in [6, 6.07) is 15.0. The zero-order chi connectivity index (χ0) is 23.4. The van der Waals surface area contributed by atoms with Crippen LogP contribution in [0, 0.1) is 13.8 Å². The van der Waals surface area contributed by atoms with E-state index in [9.17, 15) is 9.59 Å². The zero-order valence-corrected chi connectivity index (χ0v) is 19.9. The van der Waals surface area contributed by atoms with Gasteiger partial charge in [-0.1, -0.05) is 35.4 Å². The Kier molecular flexibility index (Phi) is 7.37. The highest BCUT2D eigenvalue weighted by atomic mass is 16.6. The van der Waals surface area contributed by atoms with Gasteiger partial charge < -0.3 is 9.47 Å². The zero-order valence-electron chi connectivity index (χ0n) is 19.9. The highest BCUT2D eigenvalue weighted by Gasteiger charge is 2.30. The van der Waals surface area contributed by atoms with Crippen LogP contribution in [0.1, 0.15) is 52.7 Å². The second-order valence-corrected chi connectivity index (χ2v) is 9.63. The maximum atomic E-state index is 13.1. The van der Waals surface area contributed by atoms with E-state index >= 15 is 0 Å². The molecule has 0 fully saturated rings. The van der Waals surface area contributed by atoms with Crippen molar-refractivity contribution in [2.75, 3.05) is 16.5 Å². The standard InChI is InChI=1S/C25H34N2O4/c1-18-9-13-20(14-10-18)26(22(28)30-24(3,4)5)17-27(23(29)31-25(6,7)8)21-15-11-19(2)12-16-21/h9-16H,17H2,1-8H3. The van der Waals surface area contributed by atoms with Crippen LogP contribution >= 0.6 is 0 Å². The summed E-state index contributed by atoms with van der Waals surface area (Å²) in [5.41, 5.74) is 2.02. The van der Waals surface area contributed by atoms with E-state index in [0.717, 1.165) is 11.1 Å². The van der Waals surface area contributed by atoms with Gasteiger partial charge >= 0.3 is 12.2 Å². The Morgan fingerprint density at radius 3 is 1.19 bits per heavy atom. The molecular weight excluding hydrogens is 392 g/mol. The largest absolute Gasteiger partial charge is 0.443 e. The molecule has 31 heavy (non-hydrogen) atoms.